The van der Waals surface area contributed by atoms with Gasteiger partial charge in [-0.3, -0.25) is 9.67 Å². The van der Waals surface area contributed by atoms with Crippen LogP contribution in [0.3, 0.4) is 0 Å². The molecular formula is C17H24F3IN6OS. The van der Waals surface area contributed by atoms with Gasteiger partial charge in [0.25, 0.3) is 0 Å². The number of aryl methyl sites for hydroxylation is 1. The number of aromatic nitrogens is 3. The first-order valence-corrected chi connectivity index (χ1v) is 9.89. The third kappa shape index (κ3) is 6.54. The summed E-state index contributed by atoms with van der Waals surface area (Å²) < 4.78 is 45.6. The molecule has 1 fully saturated rings. The van der Waals surface area contributed by atoms with Gasteiger partial charge in [-0.15, -0.1) is 35.3 Å². The van der Waals surface area contributed by atoms with Crippen LogP contribution >= 0.6 is 35.3 Å². The van der Waals surface area contributed by atoms with Crippen LogP contribution in [0.2, 0.25) is 0 Å². The van der Waals surface area contributed by atoms with Crippen LogP contribution in [0.4, 0.5) is 13.2 Å². The van der Waals surface area contributed by atoms with Gasteiger partial charge in [-0.2, -0.15) is 18.3 Å². The van der Waals surface area contributed by atoms with E-state index in [2.05, 4.69) is 25.3 Å². The van der Waals surface area contributed by atoms with Crippen LogP contribution < -0.4 is 5.32 Å². The molecule has 7 nitrogen and oxygen atoms in total. The first-order valence-electron chi connectivity index (χ1n) is 9.02. The van der Waals surface area contributed by atoms with E-state index in [1.54, 1.807) is 10.9 Å². The maximum Gasteiger partial charge on any atom is 0.434 e. The minimum atomic E-state index is -4.40. The number of nitrogens with one attached hydrogen (secondary N) is 1. The topological polar surface area (TPSA) is 67.6 Å². The van der Waals surface area contributed by atoms with Crippen LogP contribution in [0.15, 0.2) is 22.8 Å². The van der Waals surface area contributed by atoms with Crippen molar-refractivity contribution in [3.63, 3.8) is 0 Å². The van der Waals surface area contributed by atoms with Crippen LogP contribution in [0.5, 0.6) is 0 Å². The molecule has 162 valence electrons. The highest BCUT2D eigenvalue weighted by Crippen LogP contribution is 2.30. The molecule has 1 saturated heterocycles. The summed E-state index contributed by atoms with van der Waals surface area (Å²) in [5, 5.41) is 8.91. The first kappa shape index (κ1) is 23.9. The van der Waals surface area contributed by atoms with Crippen molar-refractivity contribution in [1.29, 1.82) is 0 Å². The monoisotopic (exact) mass is 544 g/mol. The lowest BCUT2D eigenvalue weighted by atomic mass is 10.1. The molecule has 2 aromatic rings. The number of nitrogens with zero attached hydrogens (tertiary/aromatic N) is 5. The van der Waals surface area contributed by atoms with Crippen LogP contribution in [0.1, 0.15) is 29.3 Å². The summed E-state index contributed by atoms with van der Waals surface area (Å²) in [5.74, 6) is 0.729. The number of ether oxygens (including phenoxy) is 1. The molecule has 3 rings (SSSR count). The Balaban J connectivity index is 0.00000300. The van der Waals surface area contributed by atoms with Gasteiger partial charge in [0.05, 0.1) is 24.4 Å². The number of guanidine groups is 1. The molecule has 0 amide bonds. The van der Waals surface area contributed by atoms with Crippen molar-refractivity contribution < 1.29 is 17.9 Å². The number of hydrogen-bond acceptors (Lipinski definition) is 5. The van der Waals surface area contributed by atoms with E-state index in [0.717, 1.165) is 28.2 Å². The van der Waals surface area contributed by atoms with E-state index >= 15 is 0 Å². The van der Waals surface area contributed by atoms with Crippen molar-refractivity contribution in [1.82, 2.24) is 25.0 Å². The van der Waals surface area contributed by atoms with Gasteiger partial charge in [-0.1, -0.05) is 0 Å². The predicted molar refractivity (Wildman–Crippen MR) is 116 cm³/mol. The van der Waals surface area contributed by atoms with Crippen LogP contribution in [0.25, 0.3) is 0 Å². The lowest BCUT2D eigenvalue weighted by Crippen LogP contribution is -2.48. The Hall–Kier alpha value is -1.41. The van der Waals surface area contributed by atoms with Gasteiger partial charge < -0.3 is 15.0 Å². The number of aliphatic imine (C=N–C) groups is 1. The maximum absolute atomic E-state index is 12.7. The van der Waals surface area contributed by atoms with Gasteiger partial charge in [0.15, 0.2) is 11.7 Å². The molecule has 0 bridgehead atoms. The van der Waals surface area contributed by atoms with Crippen molar-refractivity contribution >= 4 is 41.3 Å². The van der Waals surface area contributed by atoms with E-state index in [4.69, 9.17) is 4.74 Å². The summed E-state index contributed by atoms with van der Waals surface area (Å²) in [6.07, 6.45) is -0.411. The van der Waals surface area contributed by atoms with E-state index in [0.29, 0.717) is 44.2 Å². The Morgan fingerprint density at radius 2 is 2.24 bits per heavy atom. The average Bonchev–Trinajstić information content (AvgIpc) is 3.30. The highest BCUT2D eigenvalue weighted by Gasteiger charge is 2.33. The Kier molecular flexibility index (Phi) is 8.70. The Labute approximate surface area is 188 Å². The third-order valence-electron chi connectivity index (χ3n) is 4.23. The molecular weight excluding hydrogens is 520 g/mol. The van der Waals surface area contributed by atoms with Gasteiger partial charge in [-0.05, 0) is 6.92 Å². The molecule has 0 aromatic carbocycles. The highest BCUT2D eigenvalue weighted by molar-refractivity contribution is 14.0. The molecule has 3 heterocycles. The molecule has 0 spiro atoms. The molecule has 1 aliphatic rings. The normalized spacial score (nSPS) is 17.9. The highest BCUT2D eigenvalue weighted by atomic mass is 127. The maximum atomic E-state index is 12.7. The largest absolute Gasteiger partial charge is 0.434 e. The van der Waals surface area contributed by atoms with Gasteiger partial charge in [0.1, 0.15) is 6.10 Å². The summed E-state index contributed by atoms with van der Waals surface area (Å²) in [7, 11) is 1.86. The smallest absolute Gasteiger partial charge is 0.370 e. The number of rotatable bonds is 5. The van der Waals surface area contributed by atoms with Crippen LogP contribution in [0, 0.1) is 0 Å². The van der Waals surface area contributed by atoms with Gasteiger partial charge in [0, 0.05) is 50.2 Å². The molecule has 2 aromatic heterocycles. The number of halogens is 4. The fraction of sp³-hybridized carbons (Fsp3) is 0.588. The second kappa shape index (κ2) is 10.6. The molecule has 1 aliphatic heterocycles. The van der Waals surface area contributed by atoms with E-state index in [9.17, 15) is 13.2 Å². The second-order valence-corrected chi connectivity index (χ2v) is 7.31. The van der Waals surface area contributed by atoms with Crippen molar-refractivity contribution in [2.45, 2.75) is 25.6 Å². The standard InChI is InChI=1S/C17H23F3N6OS.HI/c1-3-21-16(22-5-4-15-24-14(11-28-15)17(18,19)20)26-6-7-27-13(10-26)12-8-23-25(2)9-12;/h8-9,11,13H,3-7,10H2,1-2H3,(H,21,22);1H. The van der Waals surface area contributed by atoms with Crippen LogP contribution in [-0.2, 0) is 24.4 Å². The lowest BCUT2D eigenvalue weighted by molar-refractivity contribution is -0.140. The molecule has 0 aliphatic carbocycles. The predicted octanol–water partition coefficient (Wildman–Crippen LogP) is 3.09. The summed E-state index contributed by atoms with van der Waals surface area (Å²) in [6.45, 7) is 4.92. The number of morpholine rings is 1. The van der Waals surface area contributed by atoms with Gasteiger partial charge in [-0.25, -0.2) is 4.98 Å². The van der Waals surface area contributed by atoms with E-state index in [-0.39, 0.29) is 30.1 Å². The van der Waals surface area contributed by atoms with Gasteiger partial charge >= 0.3 is 6.18 Å². The van der Waals surface area contributed by atoms with Crippen molar-refractivity contribution in [2.75, 3.05) is 32.8 Å². The Morgan fingerprint density at radius 3 is 2.86 bits per heavy atom. The molecule has 0 saturated carbocycles. The van der Waals surface area contributed by atoms with E-state index in [1.807, 2.05) is 20.2 Å². The molecule has 29 heavy (non-hydrogen) atoms. The molecule has 1 N–H and O–H groups in total. The lowest BCUT2D eigenvalue weighted by Gasteiger charge is -2.34. The first-order chi connectivity index (χ1) is 13.4. The SMILES string of the molecule is CCNC(=NCCc1nc(C(F)(F)F)cs1)N1CCOC(c2cnn(C)c2)C1.I. The zero-order chi connectivity index (χ0) is 20.1. The Morgan fingerprint density at radius 1 is 1.45 bits per heavy atom. The molecule has 0 radical (unpaired) electrons. The quantitative estimate of drug-likeness (QED) is 0.356. The van der Waals surface area contributed by atoms with E-state index in [1.165, 1.54) is 0 Å². The summed E-state index contributed by atoms with van der Waals surface area (Å²) in [4.78, 5) is 10.3. The van der Waals surface area contributed by atoms with E-state index < -0.39 is 11.9 Å². The zero-order valence-corrected chi connectivity index (χ0v) is 19.3. The zero-order valence-electron chi connectivity index (χ0n) is 16.1. The van der Waals surface area contributed by atoms with Crippen LogP contribution in [-0.4, -0.2) is 58.4 Å². The third-order valence-corrected chi connectivity index (χ3v) is 5.14. The summed E-state index contributed by atoms with van der Waals surface area (Å²) >= 11 is 1.01. The summed E-state index contributed by atoms with van der Waals surface area (Å²) in [6, 6.07) is 0. The number of hydrogen-bond donors (Lipinski definition) is 1. The Bertz CT molecular complexity index is 809. The fourth-order valence-electron chi connectivity index (χ4n) is 2.89. The second-order valence-electron chi connectivity index (χ2n) is 6.36. The molecule has 1 atom stereocenters. The van der Waals surface area contributed by atoms with Crippen molar-refractivity contribution in [3.05, 3.63) is 34.0 Å². The minimum Gasteiger partial charge on any atom is -0.370 e. The number of thiazole rings is 1. The average molecular weight is 544 g/mol. The molecule has 1 unspecified atom stereocenters. The number of alkyl halides is 3. The van der Waals surface area contributed by atoms with Crippen molar-refractivity contribution in [2.24, 2.45) is 12.0 Å². The van der Waals surface area contributed by atoms with Crippen molar-refractivity contribution in [3.8, 4) is 0 Å². The fourth-order valence-corrected chi connectivity index (χ4v) is 3.68. The van der Waals surface area contributed by atoms with Gasteiger partial charge in [0.2, 0.25) is 0 Å². The summed E-state index contributed by atoms with van der Waals surface area (Å²) in [5.41, 5.74) is 0.168. The minimum absolute atomic E-state index is 0. The molecule has 12 heteroatoms.